The van der Waals surface area contributed by atoms with E-state index in [9.17, 15) is 14.4 Å². The summed E-state index contributed by atoms with van der Waals surface area (Å²) in [6, 6.07) is 10.7. The Labute approximate surface area is 187 Å². The van der Waals surface area contributed by atoms with Crippen molar-refractivity contribution >= 4 is 40.7 Å². The molecular formula is C24H26ClN3O3. The monoisotopic (exact) mass is 439 g/mol. The molecule has 7 heteroatoms. The number of anilines is 2. The summed E-state index contributed by atoms with van der Waals surface area (Å²) in [5.41, 5.74) is 3.80. The lowest BCUT2D eigenvalue weighted by Crippen LogP contribution is -2.31. The second-order valence-corrected chi connectivity index (χ2v) is 8.74. The van der Waals surface area contributed by atoms with Gasteiger partial charge >= 0.3 is 0 Å². The van der Waals surface area contributed by atoms with Gasteiger partial charge in [-0.1, -0.05) is 23.7 Å². The highest BCUT2D eigenvalue weighted by atomic mass is 35.5. The number of hydrogen-bond donors (Lipinski definition) is 1. The Kier molecular flexibility index (Phi) is 6.01. The SMILES string of the molecule is Cc1cccc(N2CC(C(=O)Nc3ccc(Cl)cc3C(=O)N3CCCC3)CC2=O)c1C. The van der Waals surface area contributed by atoms with Crippen molar-refractivity contribution in [1.29, 1.82) is 0 Å². The van der Waals surface area contributed by atoms with Gasteiger partial charge in [0, 0.05) is 36.8 Å². The first-order chi connectivity index (χ1) is 14.8. The van der Waals surface area contributed by atoms with E-state index in [1.807, 2.05) is 32.0 Å². The van der Waals surface area contributed by atoms with E-state index in [0.29, 0.717) is 35.9 Å². The summed E-state index contributed by atoms with van der Waals surface area (Å²) in [6.07, 6.45) is 2.10. The minimum absolute atomic E-state index is 0.0710. The van der Waals surface area contributed by atoms with Gasteiger partial charge < -0.3 is 15.1 Å². The fourth-order valence-electron chi connectivity index (χ4n) is 4.27. The number of nitrogens with one attached hydrogen (secondary N) is 1. The third-order valence-electron chi connectivity index (χ3n) is 6.23. The number of rotatable bonds is 4. The maximum atomic E-state index is 13.0. The van der Waals surface area contributed by atoms with Crippen LogP contribution >= 0.6 is 11.6 Å². The Bertz CT molecular complexity index is 1050. The minimum atomic E-state index is -0.488. The van der Waals surface area contributed by atoms with Crippen molar-refractivity contribution in [3.63, 3.8) is 0 Å². The molecule has 1 unspecified atom stereocenters. The van der Waals surface area contributed by atoms with Gasteiger partial charge in [0.1, 0.15) is 0 Å². The number of nitrogens with zero attached hydrogens (tertiary/aromatic N) is 2. The molecule has 0 bridgehead atoms. The lowest BCUT2D eigenvalue weighted by atomic mass is 10.1. The molecule has 162 valence electrons. The molecule has 0 radical (unpaired) electrons. The lowest BCUT2D eigenvalue weighted by Gasteiger charge is -2.21. The van der Waals surface area contributed by atoms with Crippen LogP contribution in [0.4, 0.5) is 11.4 Å². The molecule has 1 N–H and O–H groups in total. The van der Waals surface area contributed by atoms with Crippen molar-refractivity contribution < 1.29 is 14.4 Å². The molecule has 0 aliphatic carbocycles. The summed E-state index contributed by atoms with van der Waals surface area (Å²) in [4.78, 5) is 42.1. The van der Waals surface area contributed by atoms with Crippen molar-refractivity contribution in [2.24, 2.45) is 5.92 Å². The van der Waals surface area contributed by atoms with Crippen molar-refractivity contribution in [3.05, 3.63) is 58.1 Å². The van der Waals surface area contributed by atoms with Gasteiger partial charge in [0.2, 0.25) is 11.8 Å². The molecule has 2 aromatic carbocycles. The molecule has 0 saturated carbocycles. The molecule has 3 amide bonds. The lowest BCUT2D eigenvalue weighted by molar-refractivity contribution is -0.122. The predicted octanol–water partition coefficient (Wildman–Crippen LogP) is 4.18. The number of carbonyl (C=O) groups excluding carboxylic acids is 3. The second kappa shape index (κ2) is 8.71. The molecule has 2 aliphatic rings. The zero-order valence-electron chi connectivity index (χ0n) is 17.8. The van der Waals surface area contributed by atoms with Crippen molar-refractivity contribution in [2.75, 3.05) is 29.9 Å². The van der Waals surface area contributed by atoms with Crippen molar-refractivity contribution in [3.8, 4) is 0 Å². The summed E-state index contributed by atoms with van der Waals surface area (Å²) < 4.78 is 0. The normalized spacial score (nSPS) is 18.5. The molecule has 31 heavy (non-hydrogen) atoms. The maximum Gasteiger partial charge on any atom is 0.256 e. The first-order valence-electron chi connectivity index (χ1n) is 10.6. The molecule has 0 aromatic heterocycles. The van der Waals surface area contributed by atoms with E-state index < -0.39 is 5.92 Å². The fraction of sp³-hybridized carbons (Fsp3) is 0.375. The second-order valence-electron chi connectivity index (χ2n) is 8.30. The average Bonchev–Trinajstić information content (AvgIpc) is 3.41. The third-order valence-corrected chi connectivity index (χ3v) is 6.46. The molecule has 4 rings (SSSR count). The Morgan fingerprint density at radius 1 is 1.10 bits per heavy atom. The topological polar surface area (TPSA) is 69.7 Å². The van der Waals surface area contributed by atoms with Crippen molar-refractivity contribution in [2.45, 2.75) is 33.1 Å². The Morgan fingerprint density at radius 3 is 2.58 bits per heavy atom. The summed E-state index contributed by atoms with van der Waals surface area (Å²) in [5, 5.41) is 3.32. The molecule has 2 aliphatic heterocycles. The fourth-order valence-corrected chi connectivity index (χ4v) is 4.44. The van der Waals surface area contributed by atoms with E-state index in [4.69, 9.17) is 11.6 Å². The smallest absolute Gasteiger partial charge is 0.256 e. The van der Waals surface area contributed by atoms with E-state index in [-0.39, 0.29) is 24.1 Å². The molecule has 0 spiro atoms. The molecule has 6 nitrogen and oxygen atoms in total. The predicted molar refractivity (Wildman–Crippen MR) is 122 cm³/mol. The van der Waals surface area contributed by atoms with Crippen LogP contribution in [-0.2, 0) is 9.59 Å². The van der Waals surface area contributed by atoms with Gasteiger partial charge in [-0.15, -0.1) is 0 Å². The van der Waals surface area contributed by atoms with Crippen LogP contribution in [0.3, 0.4) is 0 Å². The zero-order valence-corrected chi connectivity index (χ0v) is 18.5. The number of hydrogen-bond acceptors (Lipinski definition) is 3. The average molecular weight is 440 g/mol. The first-order valence-corrected chi connectivity index (χ1v) is 11.0. The highest BCUT2D eigenvalue weighted by Crippen LogP contribution is 2.31. The molecular weight excluding hydrogens is 414 g/mol. The minimum Gasteiger partial charge on any atom is -0.339 e. The van der Waals surface area contributed by atoms with E-state index in [1.165, 1.54) is 0 Å². The van der Waals surface area contributed by atoms with Crippen LogP contribution in [-0.4, -0.2) is 42.3 Å². The van der Waals surface area contributed by atoms with Gasteiger partial charge in [0.15, 0.2) is 0 Å². The van der Waals surface area contributed by atoms with Gasteiger partial charge in [-0.3, -0.25) is 14.4 Å². The van der Waals surface area contributed by atoms with Crippen LogP contribution in [0.2, 0.25) is 5.02 Å². The molecule has 2 saturated heterocycles. The van der Waals surface area contributed by atoms with Gasteiger partial charge in [-0.2, -0.15) is 0 Å². The summed E-state index contributed by atoms with van der Waals surface area (Å²) >= 11 is 6.13. The molecule has 2 fully saturated rings. The molecule has 1 atom stereocenters. The number of carbonyl (C=O) groups is 3. The van der Waals surface area contributed by atoms with E-state index in [0.717, 1.165) is 29.7 Å². The van der Waals surface area contributed by atoms with Crippen LogP contribution in [0.15, 0.2) is 36.4 Å². The standard InChI is InChI=1S/C24H26ClN3O3/c1-15-6-5-7-21(16(15)2)28-14-17(12-22(28)29)23(30)26-20-9-8-18(25)13-19(20)24(31)27-10-3-4-11-27/h5-9,13,17H,3-4,10-12,14H2,1-2H3,(H,26,30). The van der Waals surface area contributed by atoms with Crippen LogP contribution in [0.1, 0.15) is 40.7 Å². The van der Waals surface area contributed by atoms with Crippen LogP contribution < -0.4 is 10.2 Å². The van der Waals surface area contributed by atoms with E-state index in [2.05, 4.69) is 5.32 Å². The third kappa shape index (κ3) is 4.30. The Balaban J connectivity index is 1.52. The number of benzene rings is 2. The van der Waals surface area contributed by atoms with Gasteiger partial charge in [0.05, 0.1) is 17.2 Å². The first kappa shape index (κ1) is 21.4. The summed E-state index contributed by atoms with van der Waals surface area (Å²) in [6.45, 7) is 5.72. The van der Waals surface area contributed by atoms with Gasteiger partial charge in [-0.05, 0) is 62.1 Å². The summed E-state index contributed by atoms with van der Waals surface area (Å²) in [7, 11) is 0. The van der Waals surface area contributed by atoms with Crippen LogP contribution in [0.5, 0.6) is 0 Å². The van der Waals surface area contributed by atoms with Crippen molar-refractivity contribution in [1.82, 2.24) is 4.90 Å². The highest BCUT2D eigenvalue weighted by molar-refractivity contribution is 6.31. The molecule has 2 heterocycles. The Hall–Kier alpha value is -2.86. The molecule has 2 aromatic rings. The largest absolute Gasteiger partial charge is 0.339 e. The summed E-state index contributed by atoms with van der Waals surface area (Å²) in [5.74, 6) is -0.954. The number of amides is 3. The number of halogens is 1. The quantitative estimate of drug-likeness (QED) is 0.776. The van der Waals surface area contributed by atoms with Gasteiger partial charge in [-0.25, -0.2) is 0 Å². The van der Waals surface area contributed by atoms with Crippen LogP contribution in [0, 0.1) is 19.8 Å². The highest BCUT2D eigenvalue weighted by Gasteiger charge is 2.36. The number of aryl methyl sites for hydroxylation is 1. The van der Waals surface area contributed by atoms with Gasteiger partial charge in [0.25, 0.3) is 5.91 Å². The maximum absolute atomic E-state index is 13.0. The Morgan fingerprint density at radius 2 is 1.84 bits per heavy atom. The van der Waals surface area contributed by atoms with Crippen LogP contribution in [0.25, 0.3) is 0 Å². The van der Waals surface area contributed by atoms with E-state index >= 15 is 0 Å². The number of likely N-dealkylation sites (tertiary alicyclic amines) is 1. The van der Waals surface area contributed by atoms with E-state index in [1.54, 1.807) is 28.0 Å². The zero-order chi connectivity index (χ0) is 22.1.